The number of alkyl halides is 4. The van der Waals surface area contributed by atoms with Crippen molar-refractivity contribution in [2.24, 2.45) is 0 Å². The van der Waals surface area contributed by atoms with Gasteiger partial charge in [0.15, 0.2) is 11.6 Å². The second-order valence-corrected chi connectivity index (χ2v) is 18.6. The van der Waals surface area contributed by atoms with E-state index in [1.54, 1.807) is 24.3 Å². The van der Waals surface area contributed by atoms with Gasteiger partial charge in [0.05, 0.1) is 25.5 Å². The quantitative estimate of drug-likeness (QED) is 0.0300. The van der Waals surface area contributed by atoms with Crippen molar-refractivity contribution in [1.82, 2.24) is 50.3 Å². The molecule has 8 rings (SSSR count). The van der Waals surface area contributed by atoms with E-state index in [-0.39, 0.29) is 13.1 Å². The summed E-state index contributed by atoms with van der Waals surface area (Å²) in [6, 6.07) is 37.0. The molecule has 22 heteroatoms. The number of nitrogens with zero attached hydrogens (tertiary/aromatic N) is 6. The number of hydrogen-bond acceptors (Lipinski definition) is 12. The number of benzene rings is 4. The topological polar surface area (TPSA) is 202 Å². The fraction of sp³-hybridized carbons (Fsp3) is 0.214. The molecule has 0 fully saturated rings. The van der Waals surface area contributed by atoms with Crippen LogP contribution in [0.15, 0.2) is 180 Å². The molecule has 0 bridgehead atoms. The van der Waals surface area contributed by atoms with E-state index in [0.29, 0.717) is 46.4 Å². The minimum atomic E-state index is -3.66. The molecule has 0 radical (unpaired) electrons. The number of aromatic nitrogens is 6. The highest BCUT2D eigenvalue weighted by molar-refractivity contribution is 6.30. The van der Waals surface area contributed by atoms with Gasteiger partial charge in [0.25, 0.3) is 11.1 Å². The summed E-state index contributed by atoms with van der Waals surface area (Å²) in [5.74, 6) is -11.0. The second-order valence-electron chi connectivity index (χ2n) is 17.8. The number of hydrogen-bond donors (Lipinski definition) is 6. The van der Waals surface area contributed by atoms with Gasteiger partial charge >= 0.3 is 11.8 Å². The van der Waals surface area contributed by atoms with Crippen molar-refractivity contribution in [3.05, 3.63) is 246 Å². The Labute approximate surface area is 455 Å². The molecule has 0 aliphatic heterocycles. The zero-order valence-electron chi connectivity index (χ0n) is 41.6. The van der Waals surface area contributed by atoms with Crippen LogP contribution in [-0.4, -0.2) is 54.0 Å². The number of pyridine rings is 2. The van der Waals surface area contributed by atoms with Gasteiger partial charge in [-0.05, 0) is 57.6 Å². The maximum absolute atomic E-state index is 15.6. The van der Waals surface area contributed by atoms with E-state index in [2.05, 4.69) is 51.8 Å². The highest BCUT2D eigenvalue weighted by Crippen LogP contribution is 2.32. The Kier molecular flexibility index (Phi) is 18.8. The van der Waals surface area contributed by atoms with E-state index < -0.39 is 93.3 Å². The Hall–Kier alpha value is -8.30. The number of rotatable bonds is 25. The van der Waals surface area contributed by atoms with E-state index >= 15 is 27.2 Å². The number of amides is 2. The number of carbonyl (C=O) groups excluding carboxylic acids is 2. The predicted molar refractivity (Wildman–Crippen MR) is 289 cm³/mol. The molecule has 8 aromatic rings. The molecule has 0 saturated heterocycles. The van der Waals surface area contributed by atoms with Crippen LogP contribution in [0.4, 0.5) is 29.2 Å². The Bertz CT molecular complexity index is 3200. The third-order valence-corrected chi connectivity index (χ3v) is 13.0. The first-order valence-electron chi connectivity index (χ1n) is 24.5. The molecule has 4 aromatic heterocycles. The summed E-state index contributed by atoms with van der Waals surface area (Å²) in [7, 11) is 0. The standard InChI is InChI=1S/C56H52Cl2F4N12O4/c57-45-33-67-49(71-35-55(59,60)43-23-11-13-25-65-43)53(77)73(45)47(51(75)69-31-41-21-9-7-19-39(41)29-63-27-37-15-3-1-4-16-37)48(52(76)70-32-42-22-10-8-20-40(42)30-64-28-38-17-5-2-6-18-38)74-46(58)34-68-50(54(74)78)72-36-56(61,62)44-24-12-14-26-66-44/h1-26,33-34,47-48,63-64H,27-32,35-36H2,(H,67,71)(H,68,72)(H,69,75)(H,70,76). The molecule has 2 atom stereocenters. The van der Waals surface area contributed by atoms with Gasteiger partial charge < -0.3 is 31.9 Å². The molecule has 402 valence electrons. The van der Waals surface area contributed by atoms with Crippen LogP contribution in [0, 0.1) is 0 Å². The Morgan fingerprint density at radius 3 is 1.17 bits per heavy atom. The number of nitrogens with one attached hydrogen (secondary N) is 6. The summed E-state index contributed by atoms with van der Waals surface area (Å²) in [5.41, 5.74) is 0.998. The van der Waals surface area contributed by atoms with Crippen LogP contribution >= 0.6 is 23.2 Å². The Balaban J connectivity index is 1.20. The van der Waals surface area contributed by atoms with E-state index in [1.807, 2.05) is 84.9 Å². The van der Waals surface area contributed by atoms with Crippen molar-refractivity contribution in [3.63, 3.8) is 0 Å². The largest absolute Gasteiger partial charge is 0.359 e. The number of anilines is 2. The van der Waals surface area contributed by atoms with E-state index in [1.165, 1.54) is 36.7 Å². The zero-order chi connectivity index (χ0) is 55.1. The first-order chi connectivity index (χ1) is 37.7. The molecule has 0 saturated carbocycles. The van der Waals surface area contributed by atoms with Crippen LogP contribution in [0.25, 0.3) is 0 Å². The molecule has 4 aromatic carbocycles. The van der Waals surface area contributed by atoms with Crippen LogP contribution in [0.5, 0.6) is 0 Å². The fourth-order valence-electron chi connectivity index (χ4n) is 8.44. The molecule has 0 aliphatic carbocycles. The first-order valence-corrected chi connectivity index (χ1v) is 25.2. The molecule has 78 heavy (non-hydrogen) atoms. The van der Waals surface area contributed by atoms with E-state index in [0.717, 1.165) is 46.8 Å². The summed E-state index contributed by atoms with van der Waals surface area (Å²) in [5, 5.41) is 15.9. The molecular weight excluding hydrogens is 1050 g/mol. The minimum Gasteiger partial charge on any atom is -0.359 e. The summed E-state index contributed by atoms with van der Waals surface area (Å²) < 4.78 is 63.6. The molecule has 6 N–H and O–H groups in total. The van der Waals surface area contributed by atoms with Crippen LogP contribution < -0.4 is 43.0 Å². The van der Waals surface area contributed by atoms with Crippen LogP contribution in [0.1, 0.15) is 56.9 Å². The molecular formula is C56H52Cl2F4N12O4. The lowest BCUT2D eigenvalue weighted by Gasteiger charge is -2.31. The lowest BCUT2D eigenvalue weighted by Crippen LogP contribution is -2.50. The average Bonchev–Trinajstić information content (AvgIpc) is 3.53. The van der Waals surface area contributed by atoms with Crippen molar-refractivity contribution in [2.75, 3.05) is 23.7 Å². The highest BCUT2D eigenvalue weighted by Gasteiger charge is 2.42. The van der Waals surface area contributed by atoms with Gasteiger partial charge in [0.2, 0.25) is 11.8 Å². The minimum absolute atomic E-state index is 0.219. The average molecular weight is 1100 g/mol. The smallest absolute Gasteiger partial charge is 0.306 e. The lowest BCUT2D eigenvalue weighted by atomic mass is 10.0. The van der Waals surface area contributed by atoms with Gasteiger partial charge in [-0.1, -0.05) is 145 Å². The summed E-state index contributed by atoms with van der Waals surface area (Å²) in [6.45, 7) is -1.13. The van der Waals surface area contributed by atoms with Gasteiger partial charge in [-0.25, -0.2) is 9.97 Å². The van der Waals surface area contributed by atoms with Gasteiger partial charge in [0, 0.05) is 51.7 Å². The van der Waals surface area contributed by atoms with Crippen molar-refractivity contribution in [3.8, 4) is 0 Å². The van der Waals surface area contributed by atoms with Crippen molar-refractivity contribution in [2.45, 2.75) is 63.2 Å². The van der Waals surface area contributed by atoms with Crippen LogP contribution in [0.2, 0.25) is 10.3 Å². The molecule has 0 spiro atoms. The summed E-state index contributed by atoms with van der Waals surface area (Å²) in [4.78, 5) is 75.9. The lowest BCUT2D eigenvalue weighted by molar-refractivity contribution is -0.133. The first kappa shape index (κ1) is 55.9. The van der Waals surface area contributed by atoms with Crippen molar-refractivity contribution < 1.29 is 27.2 Å². The van der Waals surface area contributed by atoms with Crippen LogP contribution in [0.3, 0.4) is 0 Å². The zero-order valence-corrected chi connectivity index (χ0v) is 43.1. The molecule has 2 amide bonds. The van der Waals surface area contributed by atoms with Crippen molar-refractivity contribution in [1.29, 1.82) is 0 Å². The number of halogens is 6. The summed E-state index contributed by atoms with van der Waals surface area (Å²) >= 11 is 13.6. The normalized spacial score (nSPS) is 12.3. The third kappa shape index (κ3) is 14.2. The van der Waals surface area contributed by atoms with Gasteiger partial charge in [-0.15, -0.1) is 0 Å². The monoisotopic (exact) mass is 1100 g/mol. The third-order valence-electron chi connectivity index (χ3n) is 12.4. The van der Waals surface area contributed by atoms with E-state index in [9.17, 15) is 9.59 Å². The maximum Gasteiger partial charge on any atom is 0.306 e. The van der Waals surface area contributed by atoms with Gasteiger partial charge in [-0.2, -0.15) is 17.6 Å². The highest BCUT2D eigenvalue weighted by atomic mass is 35.5. The fourth-order valence-corrected chi connectivity index (χ4v) is 8.90. The number of carbonyl (C=O) groups is 2. The molecule has 4 heterocycles. The Morgan fingerprint density at radius 1 is 0.462 bits per heavy atom. The predicted octanol–water partition coefficient (Wildman–Crippen LogP) is 8.30. The SMILES string of the molecule is O=C(NCc1ccccc1CNCc1ccccc1)C(C(C(=O)NCc1ccccc1CNCc1ccccc1)n1c(Cl)cnc(NCC(F)(F)c2ccccn2)c1=O)n1c(Cl)cnc(NCC(F)(F)c2ccccn2)c1=O. The van der Waals surface area contributed by atoms with Crippen molar-refractivity contribution >= 4 is 46.7 Å². The summed E-state index contributed by atoms with van der Waals surface area (Å²) in [6.07, 6.45) is 4.14. The second kappa shape index (κ2) is 26.2. The molecule has 2 unspecified atom stereocenters. The van der Waals surface area contributed by atoms with Gasteiger partial charge in [-0.3, -0.25) is 38.3 Å². The maximum atomic E-state index is 15.6. The molecule has 0 aliphatic rings. The van der Waals surface area contributed by atoms with E-state index in [4.69, 9.17) is 23.2 Å². The van der Waals surface area contributed by atoms with Crippen LogP contribution in [-0.2, 0) is 60.7 Å². The Morgan fingerprint density at radius 2 is 0.808 bits per heavy atom. The molecule has 16 nitrogen and oxygen atoms in total. The van der Waals surface area contributed by atoms with Gasteiger partial charge in [0.1, 0.15) is 33.8 Å².